The van der Waals surface area contributed by atoms with E-state index in [0.29, 0.717) is 10.6 Å². The summed E-state index contributed by atoms with van der Waals surface area (Å²) in [5.41, 5.74) is 2.29. The quantitative estimate of drug-likeness (QED) is 0.888. The largest absolute Gasteiger partial charge is 0.349 e. The van der Waals surface area contributed by atoms with Gasteiger partial charge >= 0.3 is 0 Å². The minimum absolute atomic E-state index is 0.195. The van der Waals surface area contributed by atoms with E-state index in [2.05, 4.69) is 10.3 Å². The van der Waals surface area contributed by atoms with Crippen LogP contribution in [-0.2, 0) is 4.79 Å². The molecule has 1 aromatic rings. The molecule has 8 heteroatoms. The number of hydrogen-bond acceptors (Lipinski definition) is 6. The molecule has 0 bridgehead atoms. The molecular formula is C10H11N3O3S2. The second-order valence-corrected chi connectivity index (χ2v) is 5.40. The molecule has 1 N–H and O–H groups in total. The van der Waals surface area contributed by atoms with Crippen molar-refractivity contribution in [3.63, 3.8) is 0 Å². The SMILES string of the molecule is Cc1ncsc1C(=O)NCCN1C(=O)CSC1=O. The minimum atomic E-state index is -0.247. The predicted octanol–water partition coefficient (Wildman–Crippen LogP) is 0.877. The summed E-state index contributed by atoms with van der Waals surface area (Å²) in [6, 6.07) is 0. The second-order valence-electron chi connectivity index (χ2n) is 3.62. The van der Waals surface area contributed by atoms with Crippen LogP contribution in [0.2, 0.25) is 0 Å². The van der Waals surface area contributed by atoms with Gasteiger partial charge in [-0.05, 0) is 6.92 Å². The summed E-state index contributed by atoms with van der Waals surface area (Å²) >= 11 is 2.26. The highest BCUT2D eigenvalue weighted by atomic mass is 32.2. The summed E-state index contributed by atoms with van der Waals surface area (Å²) in [5.74, 6) is -0.226. The van der Waals surface area contributed by atoms with Gasteiger partial charge in [0.05, 0.1) is 17.0 Å². The lowest BCUT2D eigenvalue weighted by Gasteiger charge is -2.12. The highest BCUT2D eigenvalue weighted by Crippen LogP contribution is 2.17. The van der Waals surface area contributed by atoms with Crippen molar-refractivity contribution in [2.75, 3.05) is 18.8 Å². The number of carbonyl (C=O) groups is 3. The second kappa shape index (κ2) is 5.49. The Hall–Kier alpha value is -1.41. The zero-order valence-corrected chi connectivity index (χ0v) is 11.3. The van der Waals surface area contributed by atoms with Crippen molar-refractivity contribution in [3.8, 4) is 0 Å². The van der Waals surface area contributed by atoms with Crippen LogP contribution < -0.4 is 5.32 Å². The van der Waals surface area contributed by atoms with E-state index in [9.17, 15) is 14.4 Å². The van der Waals surface area contributed by atoms with Crippen molar-refractivity contribution in [2.45, 2.75) is 6.92 Å². The van der Waals surface area contributed by atoms with E-state index in [1.165, 1.54) is 11.3 Å². The molecule has 0 radical (unpaired) electrons. The van der Waals surface area contributed by atoms with Crippen molar-refractivity contribution >= 4 is 40.2 Å². The van der Waals surface area contributed by atoms with Crippen LogP contribution in [0.1, 0.15) is 15.4 Å². The average molecular weight is 285 g/mol. The Balaban J connectivity index is 1.82. The van der Waals surface area contributed by atoms with E-state index in [1.807, 2.05) is 0 Å². The molecule has 0 aliphatic carbocycles. The third-order valence-electron chi connectivity index (χ3n) is 2.41. The number of aryl methyl sites for hydroxylation is 1. The minimum Gasteiger partial charge on any atom is -0.349 e. The van der Waals surface area contributed by atoms with E-state index in [4.69, 9.17) is 0 Å². The first-order chi connectivity index (χ1) is 8.59. The number of imide groups is 1. The Kier molecular flexibility index (Phi) is 3.97. The van der Waals surface area contributed by atoms with Crippen molar-refractivity contribution < 1.29 is 14.4 Å². The molecule has 96 valence electrons. The molecule has 0 atom stereocenters. The smallest absolute Gasteiger partial charge is 0.288 e. The molecule has 0 spiro atoms. The van der Waals surface area contributed by atoms with Crippen molar-refractivity contribution in [1.82, 2.24) is 15.2 Å². The highest BCUT2D eigenvalue weighted by Gasteiger charge is 2.29. The Labute approximate surface area is 112 Å². The molecule has 1 aromatic heterocycles. The molecule has 1 fully saturated rings. The molecule has 0 aromatic carbocycles. The number of nitrogens with zero attached hydrogens (tertiary/aromatic N) is 2. The lowest BCUT2D eigenvalue weighted by atomic mass is 10.3. The third kappa shape index (κ3) is 2.70. The zero-order valence-electron chi connectivity index (χ0n) is 9.63. The first-order valence-electron chi connectivity index (χ1n) is 5.25. The standard InChI is InChI=1S/C10H11N3O3S2/c1-6-8(18-5-12-6)9(15)11-2-3-13-7(14)4-17-10(13)16/h5H,2-4H2,1H3,(H,11,15). The Bertz CT molecular complexity index is 484. The summed E-state index contributed by atoms with van der Waals surface area (Å²) in [6.07, 6.45) is 0. The fourth-order valence-corrected chi connectivity index (χ4v) is 2.95. The molecule has 1 saturated heterocycles. The Morgan fingerprint density at radius 1 is 1.56 bits per heavy atom. The van der Waals surface area contributed by atoms with Crippen LogP contribution in [0, 0.1) is 6.92 Å². The molecule has 1 aliphatic heterocycles. The van der Waals surface area contributed by atoms with E-state index in [-0.39, 0.29) is 35.9 Å². The summed E-state index contributed by atoms with van der Waals surface area (Å²) in [5, 5.41) is 2.42. The Morgan fingerprint density at radius 3 is 2.89 bits per heavy atom. The molecule has 2 rings (SSSR count). The van der Waals surface area contributed by atoms with E-state index >= 15 is 0 Å². The fraction of sp³-hybridized carbons (Fsp3) is 0.400. The van der Waals surface area contributed by atoms with Gasteiger partial charge in [-0.3, -0.25) is 19.3 Å². The van der Waals surface area contributed by atoms with Gasteiger partial charge in [0.15, 0.2) is 0 Å². The van der Waals surface area contributed by atoms with Gasteiger partial charge in [0.25, 0.3) is 11.1 Å². The van der Waals surface area contributed by atoms with Gasteiger partial charge < -0.3 is 5.32 Å². The maximum atomic E-state index is 11.7. The molecule has 6 nitrogen and oxygen atoms in total. The summed E-state index contributed by atoms with van der Waals surface area (Å²) in [6.45, 7) is 2.23. The number of rotatable bonds is 4. The summed E-state index contributed by atoms with van der Waals surface area (Å²) < 4.78 is 0. The van der Waals surface area contributed by atoms with Crippen molar-refractivity contribution in [2.24, 2.45) is 0 Å². The summed E-state index contributed by atoms with van der Waals surface area (Å²) in [7, 11) is 0. The van der Waals surface area contributed by atoms with Gasteiger partial charge in [0.2, 0.25) is 5.91 Å². The van der Waals surface area contributed by atoms with E-state index in [1.54, 1.807) is 12.4 Å². The molecule has 1 aliphatic rings. The topological polar surface area (TPSA) is 79.4 Å². The molecule has 0 saturated carbocycles. The normalized spacial score (nSPS) is 15.3. The van der Waals surface area contributed by atoms with Gasteiger partial charge in [-0.2, -0.15) is 0 Å². The van der Waals surface area contributed by atoms with Gasteiger partial charge in [-0.25, -0.2) is 4.98 Å². The monoisotopic (exact) mass is 285 g/mol. The number of carbonyl (C=O) groups excluding carboxylic acids is 3. The molecule has 3 amide bonds. The van der Waals surface area contributed by atoms with Crippen molar-refractivity contribution in [3.05, 3.63) is 16.1 Å². The van der Waals surface area contributed by atoms with Crippen molar-refractivity contribution in [1.29, 1.82) is 0 Å². The van der Waals surface area contributed by atoms with Crippen LogP contribution in [0.4, 0.5) is 4.79 Å². The van der Waals surface area contributed by atoms with Crippen LogP contribution in [0.5, 0.6) is 0 Å². The van der Waals surface area contributed by atoms with E-state index in [0.717, 1.165) is 16.7 Å². The maximum absolute atomic E-state index is 11.7. The van der Waals surface area contributed by atoms with Crippen LogP contribution >= 0.6 is 23.1 Å². The lowest BCUT2D eigenvalue weighted by Crippen LogP contribution is -2.37. The summed E-state index contributed by atoms with van der Waals surface area (Å²) in [4.78, 5) is 40.0. The lowest BCUT2D eigenvalue weighted by molar-refractivity contribution is -0.124. The fourth-order valence-electron chi connectivity index (χ4n) is 1.48. The van der Waals surface area contributed by atoms with Gasteiger partial charge in [0.1, 0.15) is 4.88 Å². The van der Waals surface area contributed by atoms with Gasteiger partial charge in [-0.15, -0.1) is 11.3 Å². The third-order valence-corrected chi connectivity index (χ3v) is 4.20. The number of thiazole rings is 1. The van der Waals surface area contributed by atoms with Crippen LogP contribution in [0.15, 0.2) is 5.51 Å². The molecule has 0 unspecified atom stereocenters. The number of aromatic nitrogens is 1. The highest BCUT2D eigenvalue weighted by molar-refractivity contribution is 8.14. The molecule has 2 heterocycles. The first-order valence-corrected chi connectivity index (χ1v) is 7.11. The van der Waals surface area contributed by atoms with Gasteiger partial charge in [0, 0.05) is 13.1 Å². The number of hydrogen-bond donors (Lipinski definition) is 1. The van der Waals surface area contributed by atoms with Crippen LogP contribution in [-0.4, -0.2) is 45.8 Å². The number of nitrogens with one attached hydrogen (secondary N) is 1. The maximum Gasteiger partial charge on any atom is 0.288 e. The predicted molar refractivity (Wildman–Crippen MR) is 68.8 cm³/mol. The number of amides is 3. The van der Waals surface area contributed by atoms with Crippen LogP contribution in [0.25, 0.3) is 0 Å². The Morgan fingerprint density at radius 2 is 2.33 bits per heavy atom. The van der Waals surface area contributed by atoms with Crippen LogP contribution in [0.3, 0.4) is 0 Å². The molecular weight excluding hydrogens is 274 g/mol. The molecule has 18 heavy (non-hydrogen) atoms. The first kappa shape index (κ1) is 13.0. The number of thioether (sulfide) groups is 1. The zero-order chi connectivity index (χ0) is 13.1. The average Bonchev–Trinajstić information content (AvgIpc) is 2.89. The van der Waals surface area contributed by atoms with E-state index < -0.39 is 0 Å². The van der Waals surface area contributed by atoms with Gasteiger partial charge in [-0.1, -0.05) is 11.8 Å².